The van der Waals surface area contributed by atoms with Crippen LogP contribution in [0.15, 0.2) is 30.3 Å². The predicted molar refractivity (Wildman–Crippen MR) is 138 cm³/mol. The topological polar surface area (TPSA) is 70.3 Å². The predicted octanol–water partition coefficient (Wildman–Crippen LogP) is 5.09. The fourth-order valence-corrected chi connectivity index (χ4v) is 6.33. The van der Waals surface area contributed by atoms with Gasteiger partial charge in [0.25, 0.3) is 0 Å². The SMILES string of the molecule is Cc1cc(C)nc(N2CCC(c3nnc4n3-c3ccc(Cl)cc3CN(C3CC(O)(C(F)(F)F)C3)C4)CC2)c1. The minimum absolute atomic E-state index is 0.188. The number of hydrogen-bond acceptors (Lipinski definition) is 6. The van der Waals surface area contributed by atoms with Crippen LogP contribution in [0.3, 0.4) is 0 Å². The number of nitrogens with zero attached hydrogens (tertiary/aromatic N) is 6. The van der Waals surface area contributed by atoms with Crippen molar-refractivity contribution in [1.29, 1.82) is 0 Å². The van der Waals surface area contributed by atoms with Crippen LogP contribution in [-0.4, -0.2) is 60.7 Å². The van der Waals surface area contributed by atoms with Crippen molar-refractivity contribution in [2.24, 2.45) is 0 Å². The number of aromatic nitrogens is 4. The number of aryl methyl sites for hydroxylation is 2. The fraction of sp³-hybridized carbons (Fsp3) is 0.519. The molecule has 0 atom stereocenters. The van der Waals surface area contributed by atoms with Gasteiger partial charge in [-0.2, -0.15) is 13.2 Å². The Morgan fingerprint density at radius 2 is 1.76 bits per heavy atom. The van der Waals surface area contributed by atoms with Crippen molar-refractivity contribution in [2.45, 2.75) is 76.4 Å². The summed E-state index contributed by atoms with van der Waals surface area (Å²) in [5.41, 5.74) is 1.40. The Morgan fingerprint density at radius 3 is 2.45 bits per heavy atom. The molecule has 7 nitrogen and oxygen atoms in total. The van der Waals surface area contributed by atoms with Crippen LogP contribution >= 0.6 is 11.6 Å². The minimum atomic E-state index is -4.63. The van der Waals surface area contributed by atoms with Crippen molar-refractivity contribution in [3.8, 4) is 5.69 Å². The molecule has 0 spiro atoms. The van der Waals surface area contributed by atoms with Crippen LogP contribution in [0.1, 0.15) is 60.1 Å². The smallest absolute Gasteiger partial charge is 0.380 e. The van der Waals surface area contributed by atoms with Crippen LogP contribution in [0, 0.1) is 13.8 Å². The molecule has 38 heavy (non-hydrogen) atoms. The number of anilines is 1. The Labute approximate surface area is 224 Å². The molecule has 0 bridgehead atoms. The molecule has 1 aliphatic carbocycles. The molecule has 2 aromatic heterocycles. The van der Waals surface area contributed by atoms with E-state index in [1.165, 1.54) is 5.56 Å². The minimum Gasteiger partial charge on any atom is -0.380 e. The molecule has 2 aliphatic heterocycles. The summed E-state index contributed by atoms with van der Waals surface area (Å²) in [4.78, 5) is 8.99. The standard InChI is InChI=1S/C27H30ClF3N6O/c1-16-9-17(2)32-23(10-16)35-7-5-18(6-8-35)25-34-33-24-15-36(21-12-26(38,13-21)27(29,30)31)14-19-11-20(28)3-4-22(19)37(24)25/h3-4,9-11,18,21,38H,5-8,12-15H2,1-2H3. The van der Waals surface area contributed by atoms with E-state index in [0.717, 1.165) is 54.5 Å². The van der Waals surface area contributed by atoms with E-state index in [1.54, 1.807) is 0 Å². The molecule has 0 unspecified atom stereocenters. The molecule has 3 aromatic rings. The summed E-state index contributed by atoms with van der Waals surface area (Å²) in [6, 6.07) is 9.41. The normalized spacial score (nSPS) is 24.5. The highest BCUT2D eigenvalue weighted by molar-refractivity contribution is 6.30. The molecule has 1 N–H and O–H groups in total. The molecule has 0 radical (unpaired) electrons. The van der Waals surface area contributed by atoms with Crippen molar-refractivity contribution in [3.05, 3.63) is 63.8 Å². The Kier molecular flexibility index (Phi) is 6.20. The largest absolute Gasteiger partial charge is 0.417 e. The van der Waals surface area contributed by atoms with Gasteiger partial charge in [0.1, 0.15) is 11.6 Å². The molecule has 4 heterocycles. The first-order chi connectivity index (χ1) is 18.0. The maximum atomic E-state index is 13.3. The zero-order chi connectivity index (χ0) is 26.8. The van der Waals surface area contributed by atoms with Crippen molar-refractivity contribution in [2.75, 3.05) is 18.0 Å². The summed E-state index contributed by atoms with van der Waals surface area (Å²) in [6.45, 7) is 6.56. The first kappa shape index (κ1) is 25.6. The third-order valence-corrected chi connectivity index (χ3v) is 8.45. The average Bonchev–Trinajstić information content (AvgIpc) is 3.16. The van der Waals surface area contributed by atoms with Gasteiger partial charge in [-0.15, -0.1) is 10.2 Å². The lowest BCUT2D eigenvalue weighted by molar-refractivity contribution is -0.300. The fourth-order valence-electron chi connectivity index (χ4n) is 6.13. The monoisotopic (exact) mass is 546 g/mol. The van der Waals surface area contributed by atoms with E-state index in [0.29, 0.717) is 23.9 Å². The first-order valence-corrected chi connectivity index (χ1v) is 13.3. The van der Waals surface area contributed by atoms with Gasteiger partial charge in [0.05, 0.1) is 12.2 Å². The van der Waals surface area contributed by atoms with E-state index in [-0.39, 0.29) is 18.8 Å². The highest BCUT2D eigenvalue weighted by atomic mass is 35.5. The van der Waals surface area contributed by atoms with Gasteiger partial charge in [-0.25, -0.2) is 4.98 Å². The van der Waals surface area contributed by atoms with Crippen molar-refractivity contribution in [1.82, 2.24) is 24.6 Å². The number of hydrogen-bond donors (Lipinski definition) is 1. The Bertz CT molecular complexity index is 1340. The second-order valence-electron chi connectivity index (χ2n) is 11.0. The summed E-state index contributed by atoms with van der Waals surface area (Å²) in [5, 5.41) is 19.7. The van der Waals surface area contributed by atoms with Crippen molar-refractivity contribution < 1.29 is 18.3 Å². The number of alkyl halides is 3. The summed E-state index contributed by atoms with van der Waals surface area (Å²) in [5.74, 6) is 2.75. The number of aliphatic hydroxyl groups is 1. The third kappa shape index (κ3) is 4.46. The van der Waals surface area contributed by atoms with Gasteiger partial charge in [-0.3, -0.25) is 9.47 Å². The van der Waals surface area contributed by atoms with Crippen LogP contribution < -0.4 is 4.90 Å². The summed E-state index contributed by atoms with van der Waals surface area (Å²) in [6.07, 6.45) is -3.55. The molecular weight excluding hydrogens is 517 g/mol. The van der Waals surface area contributed by atoms with E-state index in [1.807, 2.05) is 30.0 Å². The molecule has 1 aromatic carbocycles. The van der Waals surface area contributed by atoms with Crippen LogP contribution in [-0.2, 0) is 13.1 Å². The zero-order valence-electron chi connectivity index (χ0n) is 21.3. The Morgan fingerprint density at radius 1 is 1.03 bits per heavy atom. The lowest BCUT2D eigenvalue weighted by Crippen LogP contribution is -2.61. The van der Waals surface area contributed by atoms with Gasteiger partial charge in [0, 0.05) is 55.2 Å². The molecule has 1 saturated carbocycles. The number of halogens is 4. The lowest BCUT2D eigenvalue weighted by Gasteiger charge is -2.48. The van der Waals surface area contributed by atoms with Crippen LogP contribution in [0.4, 0.5) is 19.0 Å². The number of rotatable bonds is 3. The third-order valence-electron chi connectivity index (χ3n) is 8.21. The maximum Gasteiger partial charge on any atom is 0.417 e. The van der Waals surface area contributed by atoms with Gasteiger partial charge in [-0.1, -0.05) is 11.6 Å². The van der Waals surface area contributed by atoms with E-state index in [4.69, 9.17) is 16.6 Å². The number of pyridine rings is 1. The summed E-state index contributed by atoms with van der Waals surface area (Å²) in [7, 11) is 0. The molecule has 3 aliphatic rings. The zero-order valence-corrected chi connectivity index (χ0v) is 22.1. The van der Waals surface area contributed by atoms with E-state index >= 15 is 0 Å². The second-order valence-corrected chi connectivity index (χ2v) is 11.4. The van der Waals surface area contributed by atoms with Crippen molar-refractivity contribution in [3.63, 3.8) is 0 Å². The highest BCUT2D eigenvalue weighted by Gasteiger charge is 2.62. The van der Waals surface area contributed by atoms with Crippen molar-refractivity contribution >= 4 is 17.4 Å². The van der Waals surface area contributed by atoms with Crippen LogP contribution in [0.5, 0.6) is 0 Å². The lowest BCUT2D eigenvalue weighted by atomic mass is 9.74. The average molecular weight is 547 g/mol. The van der Waals surface area contributed by atoms with E-state index < -0.39 is 17.8 Å². The number of piperidine rings is 1. The molecule has 2 fully saturated rings. The highest BCUT2D eigenvalue weighted by Crippen LogP contribution is 2.48. The number of fused-ring (bicyclic) bond motifs is 3. The van der Waals surface area contributed by atoms with Gasteiger partial charge >= 0.3 is 6.18 Å². The maximum absolute atomic E-state index is 13.3. The van der Waals surface area contributed by atoms with E-state index in [2.05, 4.69) is 38.7 Å². The molecule has 6 rings (SSSR count). The number of benzene rings is 1. The first-order valence-electron chi connectivity index (χ1n) is 13.0. The molecule has 1 saturated heterocycles. The molecular formula is C27H30ClF3N6O. The Balaban J connectivity index is 1.26. The van der Waals surface area contributed by atoms with E-state index in [9.17, 15) is 18.3 Å². The summed E-state index contributed by atoms with van der Waals surface area (Å²) < 4.78 is 42.0. The van der Waals surface area contributed by atoms with Crippen LogP contribution in [0.25, 0.3) is 5.69 Å². The molecule has 11 heteroatoms. The van der Waals surface area contributed by atoms with Gasteiger partial charge in [0.2, 0.25) is 0 Å². The van der Waals surface area contributed by atoms with Crippen LogP contribution in [0.2, 0.25) is 5.02 Å². The van der Waals surface area contributed by atoms with Gasteiger partial charge in [0.15, 0.2) is 11.4 Å². The quantitative estimate of drug-likeness (QED) is 0.493. The van der Waals surface area contributed by atoms with Gasteiger partial charge < -0.3 is 10.0 Å². The Hall–Kier alpha value is -2.69. The van der Waals surface area contributed by atoms with Gasteiger partial charge in [-0.05, 0) is 68.1 Å². The summed E-state index contributed by atoms with van der Waals surface area (Å²) >= 11 is 6.34. The molecule has 202 valence electrons. The molecule has 0 amide bonds. The second kappa shape index (κ2) is 9.20.